The molecule has 0 aliphatic carbocycles. The van der Waals surface area contributed by atoms with Crippen LogP contribution in [-0.4, -0.2) is 17.1 Å². The molecular formula is C6H9NO2. The number of aliphatic hydroxyl groups is 1. The minimum absolute atomic E-state index is 0.159. The Morgan fingerprint density at radius 3 is 3.00 bits per heavy atom. The van der Waals surface area contributed by atoms with Crippen molar-refractivity contribution in [3.8, 4) is 0 Å². The smallest absolute Gasteiger partial charge is 0.285 e. The van der Waals surface area contributed by atoms with Gasteiger partial charge in [0, 0.05) is 6.04 Å². The summed E-state index contributed by atoms with van der Waals surface area (Å²) in [4.78, 5) is 10.6. The third kappa shape index (κ3) is 1.22. The van der Waals surface area contributed by atoms with Gasteiger partial charge >= 0.3 is 0 Å². The van der Waals surface area contributed by atoms with E-state index in [4.69, 9.17) is 5.11 Å². The minimum atomic E-state index is -0.367. The van der Waals surface area contributed by atoms with Gasteiger partial charge in [-0.05, 0) is 19.4 Å². The molecule has 1 aliphatic rings. The highest BCUT2D eigenvalue weighted by Gasteiger charge is 2.15. The Balaban J connectivity index is 2.68. The van der Waals surface area contributed by atoms with E-state index in [1.807, 2.05) is 6.92 Å². The molecule has 9 heavy (non-hydrogen) atoms. The molecule has 0 radical (unpaired) electrons. The van der Waals surface area contributed by atoms with Gasteiger partial charge in [0.15, 0.2) is 5.76 Å². The number of carbonyl (C=O) groups is 1. The molecule has 0 aromatic heterocycles. The van der Waals surface area contributed by atoms with Crippen molar-refractivity contribution in [3.63, 3.8) is 0 Å². The van der Waals surface area contributed by atoms with Gasteiger partial charge in [0.05, 0.1) is 0 Å². The lowest BCUT2D eigenvalue weighted by atomic mass is 10.1. The molecule has 0 saturated carbocycles. The Morgan fingerprint density at radius 1 is 1.89 bits per heavy atom. The lowest BCUT2D eigenvalue weighted by Crippen LogP contribution is -2.36. The molecule has 1 unspecified atom stereocenters. The van der Waals surface area contributed by atoms with E-state index in [9.17, 15) is 4.79 Å². The molecule has 3 nitrogen and oxygen atoms in total. The molecule has 0 spiro atoms. The van der Waals surface area contributed by atoms with E-state index in [0.717, 1.165) is 6.42 Å². The molecule has 0 aromatic carbocycles. The van der Waals surface area contributed by atoms with Crippen LogP contribution in [0, 0.1) is 0 Å². The van der Waals surface area contributed by atoms with Crippen molar-refractivity contribution in [3.05, 3.63) is 11.8 Å². The highest BCUT2D eigenvalue weighted by molar-refractivity contribution is 5.91. The lowest BCUT2D eigenvalue weighted by molar-refractivity contribution is -0.121. The van der Waals surface area contributed by atoms with Crippen LogP contribution in [0.15, 0.2) is 11.8 Å². The Bertz CT molecular complexity index is 162. The average molecular weight is 127 g/mol. The molecule has 2 N–H and O–H groups in total. The standard InChI is InChI=1S/C6H9NO2/c1-4-2-3-5(8)6(9)7-4/h3-4,8H,2H2,1H3,(H,7,9). The molecule has 1 rings (SSSR count). The van der Waals surface area contributed by atoms with Gasteiger partial charge in [-0.2, -0.15) is 0 Å². The molecular weight excluding hydrogens is 118 g/mol. The Kier molecular flexibility index (Phi) is 1.42. The summed E-state index contributed by atoms with van der Waals surface area (Å²) in [7, 11) is 0. The average Bonchev–Trinajstić information content (AvgIpc) is 1.80. The second-order valence-electron chi connectivity index (χ2n) is 2.20. The van der Waals surface area contributed by atoms with Gasteiger partial charge in [0.25, 0.3) is 5.91 Å². The summed E-state index contributed by atoms with van der Waals surface area (Å²) in [5.41, 5.74) is 0. The van der Waals surface area contributed by atoms with Crippen molar-refractivity contribution in [1.82, 2.24) is 5.32 Å². The van der Waals surface area contributed by atoms with Crippen molar-refractivity contribution in [2.75, 3.05) is 0 Å². The molecule has 50 valence electrons. The third-order valence-electron chi connectivity index (χ3n) is 1.27. The molecule has 1 aliphatic heterocycles. The Hall–Kier alpha value is -0.990. The monoisotopic (exact) mass is 127 g/mol. The van der Waals surface area contributed by atoms with E-state index in [-0.39, 0.29) is 17.7 Å². The predicted molar refractivity (Wildman–Crippen MR) is 32.9 cm³/mol. The maximum Gasteiger partial charge on any atom is 0.285 e. The first kappa shape index (κ1) is 6.13. The predicted octanol–water partition coefficient (Wildman–Crippen LogP) is 0.337. The van der Waals surface area contributed by atoms with Gasteiger partial charge in [-0.1, -0.05) is 0 Å². The topological polar surface area (TPSA) is 49.3 Å². The highest BCUT2D eigenvalue weighted by atomic mass is 16.3. The van der Waals surface area contributed by atoms with Gasteiger partial charge in [-0.15, -0.1) is 0 Å². The summed E-state index contributed by atoms with van der Waals surface area (Å²) in [5, 5.41) is 11.3. The van der Waals surface area contributed by atoms with Gasteiger partial charge in [0.1, 0.15) is 0 Å². The van der Waals surface area contributed by atoms with E-state index in [1.165, 1.54) is 6.08 Å². The number of nitrogens with one attached hydrogen (secondary N) is 1. The molecule has 0 saturated heterocycles. The van der Waals surface area contributed by atoms with Crippen LogP contribution in [0.1, 0.15) is 13.3 Å². The molecule has 0 fully saturated rings. The summed E-state index contributed by atoms with van der Waals surface area (Å²) < 4.78 is 0. The fraction of sp³-hybridized carbons (Fsp3) is 0.500. The molecule has 1 amide bonds. The summed E-state index contributed by atoms with van der Waals surface area (Å²) in [5.74, 6) is -0.526. The van der Waals surface area contributed by atoms with Crippen LogP contribution in [0.3, 0.4) is 0 Å². The van der Waals surface area contributed by atoms with Crippen molar-refractivity contribution in [2.45, 2.75) is 19.4 Å². The molecule has 0 bridgehead atoms. The Labute approximate surface area is 53.4 Å². The van der Waals surface area contributed by atoms with E-state index >= 15 is 0 Å². The fourth-order valence-electron chi connectivity index (χ4n) is 0.738. The summed E-state index contributed by atoms with van der Waals surface area (Å²) in [6, 6.07) is 0.161. The normalized spacial score (nSPS) is 27.0. The van der Waals surface area contributed by atoms with Crippen molar-refractivity contribution >= 4 is 5.91 Å². The fourth-order valence-corrected chi connectivity index (χ4v) is 0.738. The quantitative estimate of drug-likeness (QED) is 0.493. The van der Waals surface area contributed by atoms with Crippen LogP contribution < -0.4 is 5.32 Å². The SMILES string of the molecule is CC1CC=C(O)C(=O)N1. The molecule has 1 atom stereocenters. The largest absolute Gasteiger partial charge is 0.503 e. The summed E-state index contributed by atoms with van der Waals surface area (Å²) >= 11 is 0. The van der Waals surface area contributed by atoms with E-state index in [2.05, 4.69) is 5.32 Å². The first-order chi connectivity index (χ1) is 4.20. The van der Waals surface area contributed by atoms with Gasteiger partial charge in [-0.25, -0.2) is 0 Å². The van der Waals surface area contributed by atoms with Crippen molar-refractivity contribution in [1.29, 1.82) is 0 Å². The number of hydrogen-bond donors (Lipinski definition) is 2. The molecule has 0 aromatic rings. The van der Waals surface area contributed by atoms with Gasteiger partial charge in [0.2, 0.25) is 0 Å². The summed E-state index contributed by atoms with van der Waals surface area (Å²) in [6.07, 6.45) is 2.25. The van der Waals surface area contributed by atoms with E-state index in [1.54, 1.807) is 0 Å². The molecule has 1 heterocycles. The second-order valence-corrected chi connectivity index (χ2v) is 2.20. The van der Waals surface area contributed by atoms with Crippen molar-refractivity contribution < 1.29 is 9.90 Å². The minimum Gasteiger partial charge on any atom is -0.503 e. The van der Waals surface area contributed by atoms with E-state index in [0.29, 0.717) is 0 Å². The number of amides is 1. The van der Waals surface area contributed by atoms with Crippen LogP contribution in [0.2, 0.25) is 0 Å². The highest BCUT2D eigenvalue weighted by Crippen LogP contribution is 2.03. The number of rotatable bonds is 0. The maximum atomic E-state index is 10.6. The first-order valence-electron chi connectivity index (χ1n) is 2.90. The molecule has 3 heteroatoms. The van der Waals surface area contributed by atoms with Crippen LogP contribution in [0.4, 0.5) is 0 Å². The number of hydrogen-bond acceptors (Lipinski definition) is 2. The number of aliphatic hydroxyl groups excluding tert-OH is 1. The lowest BCUT2D eigenvalue weighted by Gasteiger charge is -2.15. The zero-order valence-electron chi connectivity index (χ0n) is 5.22. The van der Waals surface area contributed by atoms with Crippen LogP contribution >= 0.6 is 0 Å². The summed E-state index contributed by atoms with van der Waals surface area (Å²) in [6.45, 7) is 1.89. The number of carbonyl (C=O) groups excluding carboxylic acids is 1. The van der Waals surface area contributed by atoms with Gasteiger partial charge in [-0.3, -0.25) is 4.79 Å². The third-order valence-corrected chi connectivity index (χ3v) is 1.27. The van der Waals surface area contributed by atoms with Crippen LogP contribution in [0.25, 0.3) is 0 Å². The van der Waals surface area contributed by atoms with Crippen LogP contribution in [0.5, 0.6) is 0 Å². The van der Waals surface area contributed by atoms with E-state index < -0.39 is 0 Å². The second kappa shape index (κ2) is 2.09. The zero-order valence-corrected chi connectivity index (χ0v) is 5.22. The maximum absolute atomic E-state index is 10.6. The zero-order chi connectivity index (χ0) is 6.85. The van der Waals surface area contributed by atoms with Crippen molar-refractivity contribution in [2.24, 2.45) is 0 Å². The van der Waals surface area contributed by atoms with Crippen LogP contribution in [-0.2, 0) is 4.79 Å². The van der Waals surface area contributed by atoms with Gasteiger partial charge < -0.3 is 10.4 Å². The Morgan fingerprint density at radius 2 is 2.56 bits per heavy atom. The first-order valence-corrected chi connectivity index (χ1v) is 2.90.